The van der Waals surface area contributed by atoms with Gasteiger partial charge in [-0.1, -0.05) is 69.9 Å². The van der Waals surface area contributed by atoms with E-state index in [0.717, 1.165) is 66.1 Å². The van der Waals surface area contributed by atoms with Crippen LogP contribution in [0.25, 0.3) is 0 Å². The Hall–Kier alpha value is -2.89. The van der Waals surface area contributed by atoms with Crippen LogP contribution in [0.1, 0.15) is 64.4 Å². The highest BCUT2D eigenvalue weighted by Crippen LogP contribution is 2.64. The molecule has 0 saturated heterocycles. The first-order valence-electron chi connectivity index (χ1n) is 15.3. The van der Waals surface area contributed by atoms with Crippen LogP contribution in [0.15, 0.2) is 76.5 Å². The lowest BCUT2D eigenvalue weighted by atomic mass is 9.85. The van der Waals surface area contributed by atoms with Gasteiger partial charge in [0.1, 0.15) is 16.4 Å². The van der Waals surface area contributed by atoms with Crippen LogP contribution in [0.4, 0.5) is 11.4 Å². The third-order valence-corrected chi connectivity index (χ3v) is 11.0. The Morgan fingerprint density at radius 2 is 1.66 bits per heavy atom. The molecule has 3 aromatic carbocycles. The predicted octanol–water partition coefficient (Wildman–Crippen LogP) is 9.07. The molecule has 1 aliphatic heterocycles. The summed E-state index contributed by atoms with van der Waals surface area (Å²) in [5.41, 5.74) is 2.08. The van der Waals surface area contributed by atoms with E-state index in [2.05, 4.69) is 30.9 Å². The minimum Gasteiger partial charge on any atom is -0.497 e. The number of unbranched alkanes of at least 4 members (excludes halogenated alkanes) is 2. The molecule has 0 aliphatic carbocycles. The van der Waals surface area contributed by atoms with Gasteiger partial charge in [-0.25, -0.2) is 0 Å². The molecule has 1 aliphatic rings. The van der Waals surface area contributed by atoms with E-state index in [1.165, 1.54) is 11.8 Å². The highest BCUT2D eigenvalue weighted by Gasteiger charge is 2.49. The lowest BCUT2D eigenvalue weighted by Gasteiger charge is -2.52. The van der Waals surface area contributed by atoms with Gasteiger partial charge < -0.3 is 19.5 Å². The molecular weight excluding hydrogens is 597 g/mol. The molecule has 10 heteroatoms. The molecule has 3 N–H and O–H groups in total. The molecule has 0 radical (unpaired) electrons. The van der Waals surface area contributed by atoms with E-state index in [9.17, 15) is 19.0 Å². The molecule has 0 spiro atoms. The molecule has 0 unspecified atom stereocenters. The third-order valence-electron chi connectivity index (χ3n) is 8.24. The van der Waals surface area contributed by atoms with Crippen LogP contribution in [0.2, 0.25) is 0 Å². The van der Waals surface area contributed by atoms with Crippen molar-refractivity contribution in [3.8, 4) is 11.5 Å². The van der Waals surface area contributed by atoms with Crippen LogP contribution in [0.5, 0.6) is 11.5 Å². The molecule has 0 atom stereocenters. The average Bonchev–Trinajstić information content (AvgIpc) is 3.10. The molecule has 0 aromatic heterocycles. The molecule has 0 fully saturated rings. The van der Waals surface area contributed by atoms with E-state index in [4.69, 9.17) is 9.47 Å². The Morgan fingerprint density at radius 1 is 1.00 bits per heavy atom. The van der Waals surface area contributed by atoms with Crippen LogP contribution >= 0.6 is 22.5 Å². The lowest BCUT2D eigenvalue weighted by Crippen LogP contribution is -2.54. The van der Waals surface area contributed by atoms with Crippen molar-refractivity contribution in [3.63, 3.8) is 0 Å². The van der Waals surface area contributed by atoms with Crippen LogP contribution in [0.3, 0.4) is 0 Å². The zero-order chi connectivity index (χ0) is 31.7. The quantitative estimate of drug-likeness (QED) is 0.140. The number of carboxylic acids is 1. The highest BCUT2D eigenvalue weighted by atomic mass is 32.3. The summed E-state index contributed by atoms with van der Waals surface area (Å²) in [6, 6.07) is 21.6. The maximum absolute atomic E-state index is 12.6. The molecule has 0 amide bonds. The second-order valence-electron chi connectivity index (χ2n) is 11.2. The SMILES string of the molecule is CCCCC1(CCCC)CN(c2ccccc2)c2cc(SC)c(OCCC(=O)O)cc2S(O)(O)N1Cc1ccc(OC)cc1. The molecule has 44 heavy (non-hydrogen) atoms. The van der Waals surface area contributed by atoms with Gasteiger partial charge in [0, 0.05) is 24.8 Å². The first kappa shape index (κ1) is 34.0. The molecule has 8 nitrogen and oxygen atoms in total. The number of benzene rings is 3. The maximum atomic E-state index is 12.6. The van der Waals surface area contributed by atoms with Crippen LogP contribution in [-0.2, 0) is 11.3 Å². The Kier molecular flexibility index (Phi) is 11.9. The van der Waals surface area contributed by atoms with E-state index in [0.29, 0.717) is 23.7 Å². The van der Waals surface area contributed by atoms with Crippen molar-refractivity contribution in [1.29, 1.82) is 0 Å². The number of rotatable bonds is 15. The molecular formula is C34H46N2O6S2. The number of fused-ring (bicyclic) bond motifs is 1. The van der Waals surface area contributed by atoms with E-state index in [-0.39, 0.29) is 13.0 Å². The number of methoxy groups -OCH3 is 1. The summed E-state index contributed by atoms with van der Waals surface area (Å²) in [7, 11) is -1.94. The lowest BCUT2D eigenvalue weighted by molar-refractivity contribution is -0.137. The van der Waals surface area contributed by atoms with Gasteiger partial charge in [0.15, 0.2) is 0 Å². The molecule has 240 valence electrons. The maximum Gasteiger partial charge on any atom is 0.306 e. The van der Waals surface area contributed by atoms with Crippen molar-refractivity contribution >= 4 is 39.9 Å². The van der Waals surface area contributed by atoms with Gasteiger partial charge in [-0.15, -0.1) is 22.5 Å². The van der Waals surface area contributed by atoms with Gasteiger partial charge in [-0.05, 0) is 55.0 Å². The molecule has 0 bridgehead atoms. The fourth-order valence-corrected chi connectivity index (χ4v) is 8.48. The van der Waals surface area contributed by atoms with E-state index >= 15 is 0 Å². The van der Waals surface area contributed by atoms with Gasteiger partial charge in [-0.2, -0.15) is 4.31 Å². The van der Waals surface area contributed by atoms with Crippen molar-refractivity contribution in [3.05, 3.63) is 72.3 Å². The first-order valence-corrected chi connectivity index (χ1v) is 18.0. The Labute approximate surface area is 267 Å². The summed E-state index contributed by atoms with van der Waals surface area (Å²) in [5, 5.41) is 9.22. The molecule has 1 heterocycles. The fraction of sp³-hybridized carbons (Fsp3) is 0.441. The zero-order valence-electron chi connectivity index (χ0n) is 26.2. The number of carboxylic acid groups (broad SMARTS) is 1. The molecule has 3 aromatic rings. The van der Waals surface area contributed by atoms with E-state index in [1.54, 1.807) is 13.2 Å². The van der Waals surface area contributed by atoms with Gasteiger partial charge in [0.25, 0.3) is 0 Å². The topological polar surface area (TPSA) is 103 Å². The third kappa shape index (κ3) is 7.66. The van der Waals surface area contributed by atoms with Crippen molar-refractivity contribution < 1.29 is 28.5 Å². The Bertz CT molecular complexity index is 1360. The fourth-order valence-electron chi connectivity index (χ4n) is 5.87. The van der Waals surface area contributed by atoms with Crippen LogP contribution in [0, 0.1) is 0 Å². The largest absolute Gasteiger partial charge is 0.497 e. The highest BCUT2D eigenvalue weighted by molar-refractivity contribution is 8.22. The van der Waals surface area contributed by atoms with E-state index in [1.807, 2.05) is 59.1 Å². The number of hydrogen-bond acceptors (Lipinski definition) is 8. The van der Waals surface area contributed by atoms with Crippen molar-refractivity contribution in [2.24, 2.45) is 0 Å². The minimum atomic E-state index is -3.58. The zero-order valence-corrected chi connectivity index (χ0v) is 27.8. The standard InChI is InChI=1S/C34H46N2O6S2/c1-5-7-19-34(20-8-6-2)25-35(27-12-10-9-11-13-27)29-22-31(43-4)30(42-21-18-33(37)38)23-32(29)44(39,40)36(34)24-26-14-16-28(41-3)17-15-26/h9-17,22-23,39-40H,5-8,18-21,24-25H2,1-4H3,(H,37,38). The van der Waals surface area contributed by atoms with Crippen LogP contribution in [-0.4, -0.2) is 56.5 Å². The van der Waals surface area contributed by atoms with E-state index < -0.39 is 22.3 Å². The summed E-state index contributed by atoms with van der Waals surface area (Å²) in [4.78, 5) is 14.7. The number of aliphatic carboxylic acids is 1. The number of thioether (sulfide) groups is 1. The Morgan fingerprint density at radius 3 is 2.23 bits per heavy atom. The first-order chi connectivity index (χ1) is 21.2. The summed E-state index contributed by atoms with van der Waals surface area (Å²) in [6.07, 6.45) is 7.23. The second kappa shape index (κ2) is 15.4. The smallest absolute Gasteiger partial charge is 0.306 e. The summed E-state index contributed by atoms with van der Waals surface area (Å²) in [6.45, 7) is 5.23. The van der Waals surface area contributed by atoms with Gasteiger partial charge in [0.2, 0.25) is 0 Å². The monoisotopic (exact) mass is 642 g/mol. The summed E-state index contributed by atoms with van der Waals surface area (Å²) in [5.74, 6) is 0.240. The minimum absolute atomic E-state index is 0.0181. The van der Waals surface area contributed by atoms with Gasteiger partial charge in [-0.3, -0.25) is 13.9 Å². The number of nitrogens with zero attached hydrogens (tertiary/aromatic N) is 2. The molecule has 0 saturated carbocycles. The second-order valence-corrected chi connectivity index (χ2v) is 14.0. The average molecular weight is 643 g/mol. The van der Waals surface area contributed by atoms with Gasteiger partial charge in [0.05, 0.1) is 36.3 Å². The van der Waals surface area contributed by atoms with Crippen molar-refractivity contribution in [2.45, 2.75) is 80.7 Å². The van der Waals surface area contributed by atoms with Crippen molar-refractivity contribution in [1.82, 2.24) is 4.31 Å². The number of carbonyl (C=O) groups is 1. The van der Waals surface area contributed by atoms with Crippen molar-refractivity contribution in [2.75, 3.05) is 31.4 Å². The number of hydrogen-bond donors (Lipinski definition) is 3. The number of ether oxygens (including phenoxy) is 2. The normalized spacial score (nSPS) is 16.5. The number of anilines is 2. The number of para-hydroxylation sites is 1. The van der Waals surface area contributed by atoms with Crippen LogP contribution < -0.4 is 14.4 Å². The van der Waals surface area contributed by atoms with Gasteiger partial charge >= 0.3 is 5.97 Å². The Balaban J connectivity index is 1.97. The predicted molar refractivity (Wildman–Crippen MR) is 181 cm³/mol. The molecule has 4 rings (SSSR count). The summed E-state index contributed by atoms with van der Waals surface area (Å²) >= 11 is 1.49. The summed E-state index contributed by atoms with van der Waals surface area (Å²) < 4.78 is 38.5.